The standard InChI is InChI=1S/C10H9ClF3N5O/c11-7-6-8(16-9(15-7)10(12,13)14)19(18-17-6)4-5-2-1-3-20-5/h5H,1-4H2. The van der Waals surface area contributed by atoms with Gasteiger partial charge in [0.25, 0.3) is 0 Å². The molecule has 1 aliphatic heterocycles. The summed E-state index contributed by atoms with van der Waals surface area (Å²) in [5.41, 5.74) is 0.0190. The lowest BCUT2D eigenvalue weighted by atomic mass is 10.2. The number of hydrogen-bond acceptors (Lipinski definition) is 5. The molecule has 1 unspecified atom stereocenters. The van der Waals surface area contributed by atoms with Crippen molar-refractivity contribution in [2.24, 2.45) is 0 Å². The van der Waals surface area contributed by atoms with E-state index in [0.29, 0.717) is 13.2 Å². The fourth-order valence-electron chi connectivity index (χ4n) is 2.05. The highest BCUT2D eigenvalue weighted by atomic mass is 35.5. The van der Waals surface area contributed by atoms with E-state index < -0.39 is 12.0 Å². The molecule has 0 N–H and O–H groups in total. The highest BCUT2D eigenvalue weighted by Crippen LogP contribution is 2.29. The molecule has 108 valence electrons. The van der Waals surface area contributed by atoms with Crippen molar-refractivity contribution >= 4 is 22.8 Å². The number of hydrogen-bond donors (Lipinski definition) is 0. The maximum Gasteiger partial charge on any atom is 0.451 e. The number of aromatic nitrogens is 5. The van der Waals surface area contributed by atoms with E-state index in [9.17, 15) is 13.2 Å². The molecule has 0 bridgehead atoms. The number of nitrogens with zero attached hydrogens (tertiary/aromatic N) is 5. The zero-order valence-corrected chi connectivity index (χ0v) is 10.8. The maximum atomic E-state index is 12.7. The molecule has 0 saturated carbocycles. The molecule has 1 saturated heterocycles. The minimum Gasteiger partial charge on any atom is -0.376 e. The Bertz CT molecular complexity index is 638. The molecule has 0 amide bonds. The topological polar surface area (TPSA) is 65.7 Å². The quantitative estimate of drug-likeness (QED) is 0.795. The molecule has 0 radical (unpaired) electrons. The zero-order chi connectivity index (χ0) is 14.3. The molecule has 0 spiro atoms. The number of alkyl halides is 3. The van der Waals surface area contributed by atoms with Gasteiger partial charge in [-0.15, -0.1) is 5.10 Å². The van der Waals surface area contributed by atoms with Crippen molar-refractivity contribution in [3.8, 4) is 0 Å². The molecule has 3 rings (SSSR count). The van der Waals surface area contributed by atoms with Crippen LogP contribution in [0.15, 0.2) is 0 Å². The number of rotatable bonds is 2. The number of halogens is 4. The third kappa shape index (κ3) is 2.42. The molecule has 1 atom stereocenters. The fourth-order valence-corrected chi connectivity index (χ4v) is 2.26. The minimum absolute atomic E-state index is 0.0344. The van der Waals surface area contributed by atoms with E-state index in [4.69, 9.17) is 16.3 Å². The van der Waals surface area contributed by atoms with Gasteiger partial charge in [-0.1, -0.05) is 16.8 Å². The van der Waals surface area contributed by atoms with Crippen LogP contribution in [0.1, 0.15) is 18.7 Å². The third-order valence-electron chi connectivity index (χ3n) is 2.97. The first-order valence-corrected chi connectivity index (χ1v) is 6.28. The Hall–Kier alpha value is -1.48. The fraction of sp³-hybridized carbons (Fsp3) is 0.600. The highest BCUT2D eigenvalue weighted by molar-refractivity contribution is 6.33. The van der Waals surface area contributed by atoms with Gasteiger partial charge < -0.3 is 4.74 Å². The molecule has 0 aromatic carbocycles. The first-order valence-electron chi connectivity index (χ1n) is 5.90. The van der Waals surface area contributed by atoms with Crippen LogP contribution in [0.2, 0.25) is 5.15 Å². The molecule has 10 heteroatoms. The summed E-state index contributed by atoms with van der Waals surface area (Å²) in [6, 6.07) is 0. The summed E-state index contributed by atoms with van der Waals surface area (Å²) in [6.07, 6.45) is -3.02. The van der Waals surface area contributed by atoms with E-state index in [1.165, 1.54) is 4.68 Å². The average Bonchev–Trinajstić information content (AvgIpc) is 2.99. The predicted molar refractivity (Wildman–Crippen MR) is 62.1 cm³/mol. The van der Waals surface area contributed by atoms with Crippen LogP contribution in [0, 0.1) is 0 Å². The molecule has 6 nitrogen and oxygen atoms in total. The molecule has 1 aliphatic rings. The molecule has 3 heterocycles. The normalized spacial score (nSPS) is 19.9. The monoisotopic (exact) mass is 307 g/mol. The summed E-state index contributed by atoms with van der Waals surface area (Å²) in [6.45, 7) is 0.933. The molecular weight excluding hydrogens is 299 g/mol. The van der Waals surface area contributed by atoms with Crippen molar-refractivity contribution in [1.82, 2.24) is 25.0 Å². The van der Waals surface area contributed by atoms with Gasteiger partial charge in [-0.2, -0.15) is 13.2 Å². The van der Waals surface area contributed by atoms with Crippen molar-refractivity contribution in [3.05, 3.63) is 11.0 Å². The van der Waals surface area contributed by atoms with Crippen LogP contribution in [0.4, 0.5) is 13.2 Å². The Morgan fingerprint density at radius 2 is 2.15 bits per heavy atom. The second kappa shape index (κ2) is 4.81. The summed E-state index contributed by atoms with van der Waals surface area (Å²) >= 11 is 5.70. The minimum atomic E-state index is -4.67. The molecule has 2 aromatic heterocycles. The summed E-state index contributed by atoms with van der Waals surface area (Å²) in [7, 11) is 0. The first-order chi connectivity index (χ1) is 9.45. The van der Waals surface area contributed by atoms with Crippen LogP contribution in [0.3, 0.4) is 0 Å². The number of fused-ring (bicyclic) bond motifs is 1. The van der Waals surface area contributed by atoms with Crippen LogP contribution >= 0.6 is 11.6 Å². The van der Waals surface area contributed by atoms with Crippen molar-refractivity contribution in [1.29, 1.82) is 0 Å². The number of ether oxygens (including phenoxy) is 1. The largest absolute Gasteiger partial charge is 0.451 e. The van der Waals surface area contributed by atoms with E-state index in [-0.39, 0.29) is 22.4 Å². The predicted octanol–water partition coefficient (Wildman–Crippen LogP) is 2.07. The maximum absolute atomic E-state index is 12.7. The van der Waals surface area contributed by atoms with Gasteiger partial charge >= 0.3 is 6.18 Å². The Morgan fingerprint density at radius 3 is 2.80 bits per heavy atom. The van der Waals surface area contributed by atoms with Gasteiger partial charge in [-0.3, -0.25) is 0 Å². The van der Waals surface area contributed by atoms with Crippen LogP contribution in [-0.4, -0.2) is 37.7 Å². The first kappa shape index (κ1) is 13.5. The summed E-state index contributed by atoms with van der Waals surface area (Å²) in [5.74, 6) is -1.30. The van der Waals surface area contributed by atoms with Gasteiger partial charge in [-0.05, 0) is 12.8 Å². The van der Waals surface area contributed by atoms with E-state index in [0.717, 1.165) is 12.8 Å². The molecule has 0 aliphatic carbocycles. The zero-order valence-electron chi connectivity index (χ0n) is 10.1. The SMILES string of the molecule is FC(F)(F)c1nc(Cl)c2nnn(CC3CCCO3)c2n1. The Balaban J connectivity index is 2.02. The Morgan fingerprint density at radius 1 is 1.35 bits per heavy atom. The lowest BCUT2D eigenvalue weighted by Gasteiger charge is -2.09. The van der Waals surface area contributed by atoms with Crippen molar-refractivity contribution in [2.45, 2.75) is 31.7 Å². The summed E-state index contributed by atoms with van der Waals surface area (Å²) in [4.78, 5) is 6.67. The molecule has 2 aromatic rings. The molecular formula is C10H9ClF3N5O. The van der Waals surface area contributed by atoms with Gasteiger partial charge in [0.2, 0.25) is 5.82 Å². The van der Waals surface area contributed by atoms with Crippen molar-refractivity contribution < 1.29 is 17.9 Å². The van der Waals surface area contributed by atoms with E-state index in [2.05, 4.69) is 20.3 Å². The van der Waals surface area contributed by atoms with Crippen LogP contribution in [-0.2, 0) is 17.5 Å². The lowest BCUT2D eigenvalue weighted by Crippen LogP contribution is -2.17. The van der Waals surface area contributed by atoms with Gasteiger partial charge in [-0.25, -0.2) is 14.6 Å². The van der Waals surface area contributed by atoms with Crippen molar-refractivity contribution in [3.63, 3.8) is 0 Å². The van der Waals surface area contributed by atoms with Gasteiger partial charge in [0.05, 0.1) is 12.6 Å². The third-order valence-corrected chi connectivity index (χ3v) is 3.24. The van der Waals surface area contributed by atoms with E-state index in [1.807, 2.05) is 0 Å². The average molecular weight is 308 g/mol. The summed E-state index contributed by atoms with van der Waals surface area (Å²) in [5, 5.41) is 7.13. The smallest absolute Gasteiger partial charge is 0.376 e. The van der Waals surface area contributed by atoms with E-state index in [1.54, 1.807) is 0 Å². The van der Waals surface area contributed by atoms with Gasteiger partial charge in [0, 0.05) is 6.61 Å². The second-order valence-corrected chi connectivity index (χ2v) is 4.77. The van der Waals surface area contributed by atoms with Crippen LogP contribution in [0.25, 0.3) is 11.2 Å². The van der Waals surface area contributed by atoms with Gasteiger partial charge in [0.15, 0.2) is 16.3 Å². The Labute approximate surface area is 115 Å². The van der Waals surface area contributed by atoms with Crippen LogP contribution < -0.4 is 0 Å². The van der Waals surface area contributed by atoms with Gasteiger partial charge in [0.1, 0.15) is 0 Å². The van der Waals surface area contributed by atoms with E-state index >= 15 is 0 Å². The molecule has 20 heavy (non-hydrogen) atoms. The molecule has 1 fully saturated rings. The van der Waals surface area contributed by atoms with Crippen molar-refractivity contribution in [2.75, 3.05) is 6.61 Å². The second-order valence-electron chi connectivity index (χ2n) is 4.41. The summed E-state index contributed by atoms with van der Waals surface area (Å²) < 4.78 is 44.7. The lowest BCUT2D eigenvalue weighted by molar-refractivity contribution is -0.144. The highest BCUT2D eigenvalue weighted by Gasteiger charge is 2.36. The Kier molecular flexibility index (Phi) is 3.25. The van der Waals surface area contributed by atoms with Crippen LogP contribution in [0.5, 0.6) is 0 Å².